The van der Waals surface area contributed by atoms with Gasteiger partial charge in [0, 0.05) is 0 Å². The van der Waals surface area contributed by atoms with Crippen LogP contribution in [-0.2, 0) is 6.54 Å². The zero-order chi connectivity index (χ0) is 15.6. The maximum atomic E-state index is 12.5. The van der Waals surface area contributed by atoms with Gasteiger partial charge in [0.15, 0.2) is 0 Å². The van der Waals surface area contributed by atoms with Crippen LogP contribution in [0.3, 0.4) is 0 Å². The molecule has 2 heterocycles. The van der Waals surface area contributed by atoms with Crippen molar-refractivity contribution in [2.24, 2.45) is 0 Å². The fraction of sp³-hybridized carbons (Fsp3) is 0.316. The first kappa shape index (κ1) is 14.8. The molecule has 3 nitrogen and oxygen atoms in total. The molecule has 1 aromatic heterocycles. The Morgan fingerprint density at radius 2 is 1.78 bits per heavy atom. The fourth-order valence-corrected chi connectivity index (χ4v) is 5.44. The third kappa shape index (κ3) is 3.01. The molecule has 3 aromatic rings. The number of fused-ring (bicyclic) bond motifs is 1. The molecular formula is C19H20N2OSe. The second-order valence-electron chi connectivity index (χ2n) is 6.15. The molecule has 0 saturated carbocycles. The topological polar surface area (TPSA) is 25.2 Å². The summed E-state index contributed by atoms with van der Waals surface area (Å²) >= 11 is 0.106. The minimum atomic E-state index is 0.106. The number of nitrogens with zero attached hydrogens (tertiary/aromatic N) is 2. The first-order valence-electron chi connectivity index (χ1n) is 8.24. The fourth-order valence-electron chi connectivity index (χ4n) is 3.29. The quantitative estimate of drug-likeness (QED) is 0.661. The monoisotopic (exact) mass is 372 g/mol. The van der Waals surface area contributed by atoms with Crippen LogP contribution in [0.2, 0.25) is 0 Å². The number of anilines is 1. The van der Waals surface area contributed by atoms with E-state index < -0.39 is 0 Å². The molecule has 0 atom stereocenters. The summed E-state index contributed by atoms with van der Waals surface area (Å²) in [6.45, 7) is 3.03. The average molecular weight is 371 g/mol. The van der Waals surface area contributed by atoms with E-state index in [1.54, 1.807) is 0 Å². The normalized spacial score (nSPS) is 15.2. The van der Waals surface area contributed by atoms with Crippen LogP contribution in [0.25, 0.3) is 9.65 Å². The van der Waals surface area contributed by atoms with Crippen molar-refractivity contribution in [3.63, 3.8) is 0 Å². The van der Waals surface area contributed by atoms with Crippen molar-refractivity contribution >= 4 is 30.1 Å². The Labute approximate surface area is 142 Å². The van der Waals surface area contributed by atoms with Gasteiger partial charge in [-0.25, -0.2) is 0 Å². The van der Waals surface area contributed by atoms with Crippen molar-refractivity contribution in [3.8, 4) is 0 Å². The zero-order valence-corrected chi connectivity index (χ0v) is 14.8. The Hall–Kier alpha value is -1.77. The molecule has 1 aliphatic heterocycles. The van der Waals surface area contributed by atoms with Gasteiger partial charge < -0.3 is 0 Å². The molecule has 1 aliphatic rings. The van der Waals surface area contributed by atoms with Crippen molar-refractivity contribution in [2.45, 2.75) is 25.8 Å². The van der Waals surface area contributed by atoms with Crippen LogP contribution in [0.1, 0.15) is 24.8 Å². The van der Waals surface area contributed by atoms with E-state index in [0.29, 0.717) is 0 Å². The molecule has 0 bridgehead atoms. The number of rotatable bonds is 3. The van der Waals surface area contributed by atoms with Gasteiger partial charge in [-0.05, 0) is 0 Å². The van der Waals surface area contributed by atoms with Gasteiger partial charge in [0.2, 0.25) is 0 Å². The molecule has 1 fully saturated rings. The standard InChI is InChI=1S/C19H20N2OSe/c22-19-17-9-2-3-10-18(17)23-21(19)14-15-7-6-8-16(13-15)20-11-4-1-5-12-20/h2-3,6-10,13H,1,4-5,11-12,14H2. The molecule has 4 heteroatoms. The van der Waals surface area contributed by atoms with Crippen molar-refractivity contribution < 1.29 is 0 Å². The third-order valence-electron chi connectivity index (χ3n) is 4.51. The number of hydrogen-bond acceptors (Lipinski definition) is 2. The summed E-state index contributed by atoms with van der Waals surface area (Å²) in [7, 11) is 0. The molecule has 0 aliphatic carbocycles. The second kappa shape index (κ2) is 6.38. The van der Waals surface area contributed by atoms with Crippen LogP contribution in [0, 0.1) is 0 Å². The Morgan fingerprint density at radius 1 is 0.957 bits per heavy atom. The molecule has 0 radical (unpaired) electrons. The van der Waals surface area contributed by atoms with E-state index >= 15 is 0 Å². The Balaban J connectivity index is 1.63. The summed E-state index contributed by atoms with van der Waals surface area (Å²) in [5, 5.41) is 0.889. The molecule has 23 heavy (non-hydrogen) atoms. The van der Waals surface area contributed by atoms with Crippen LogP contribution in [0.15, 0.2) is 53.3 Å². The van der Waals surface area contributed by atoms with Crippen LogP contribution in [0.4, 0.5) is 5.69 Å². The Bertz CT molecular complexity index is 874. The molecule has 0 spiro atoms. The first-order chi connectivity index (χ1) is 11.3. The predicted molar refractivity (Wildman–Crippen MR) is 96.8 cm³/mol. The maximum absolute atomic E-state index is 12.5. The van der Waals surface area contributed by atoms with Gasteiger partial charge in [-0.1, -0.05) is 0 Å². The minimum absolute atomic E-state index is 0.106. The van der Waals surface area contributed by atoms with Gasteiger partial charge in [0.05, 0.1) is 0 Å². The number of aromatic nitrogens is 1. The van der Waals surface area contributed by atoms with Gasteiger partial charge in [-0.3, -0.25) is 0 Å². The molecule has 118 valence electrons. The molecular weight excluding hydrogens is 351 g/mol. The van der Waals surface area contributed by atoms with Crippen LogP contribution < -0.4 is 10.5 Å². The molecule has 0 N–H and O–H groups in total. The van der Waals surface area contributed by atoms with E-state index in [1.165, 1.54) is 34.8 Å². The molecule has 1 saturated heterocycles. The van der Waals surface area contributed by atoms with E-state index in [-0.39, 0.29) is 20.3 Å². The summed E-state index contributed by atoms with van der Waals surface area (Å²) in [6, 6.07) is 16.7. The number of hydrogen-bond donors (Lipinski definition) is 0. The van der Waals surface area contributed by atoms with Gasteiger partial charge in [0.1, 0.15) is 0 Å². The van der Waals surface area contributed by atoms with Crippen LogP contribution in [0.5, 0.6) is 0 Å². The van der Waals surface area contributed by atoms with Gasteiger partial charge in [-0.15, -0.1) is 0 Å². The van der Waals surface area contributed by atoms with Crippen LogP contribution >= 0.6 is 0 Å². The molecule has 0 unspecified atom stereocenters. The number of piperidine rings is 1. The second-order valence-corrected chi connectivity index (χ2v) is 8.38. The first-order valence-corrected chi connectivity index (χ1v) is 9.86. The summed E-state index contributed by atoms with van der Waals surface area (Å²) in [6.07, 6.45) is 3.92. The summed E-state index contributed by atoms with van der Waals surface area (Å²) in [5.41, 5.74) is 2.72. The van der Waals surface area contributed by atoms with E-state index in [4.69, 9.17) is 0 Å². The van der Waals surface area contributed by atoms with E-state index in [9.17, 15) is 4.79 Å². The number of benzene rings is 2. The van der Waals surface area contributed by atoms with Crippen molar-refractivity contribution in [1.82, 2.24) is 3.56 Å². The van der Waals surface area contributed by atoms with Gasteiger partial charge >= 0.3 is 142 Å². The Kier molecular flexibility index (Phi) is 4.11. The predicted octanol–water partition coefficient (Wildman–Crippen LogP) is 3.10. The zero-order valence-electron chi connectivity index (χ0n) is 13.1. The summed E-state index contributed by atoms with van der Waals surface area (Å²) in [5.74, 6) is 0. The Morgan fingerprint density at radius 3 is 2.61 bits per heavy atom. The summed E-state index contributed by atoms with van der Waals surface area (Å²) in [4.78, 5) is 15.0. The molecule has 0 amide bonds. The van der Waals surface area contributed by atoms with Crippen LogP contribution in [-0.4, -0.2) is 31.4 Å². The van der Waals surface area contributed by atoms with Gasteiger partial charge in [-0.2, -0.15) is 0 Å². The van der Waals surface area contributed by atoms with Gasteiger partial charge in [0.25, 0.3) is 0 Å². The van der Waals surface area contributed by atoms with E-state index in [2.05, 4.69) is 35.2 Å². The third-order valence-corrected chi connectivity index (χ3v) is 6.75. The molecule has 2 aromatic carbocycles. The summed E-state index contributed by atoms with van der Waals surface area (Å²) < 4.78 is 3.21. The van der Waals surface area contributed by atoms with Crippen molar-refractivity contribution in [2.75, 3.05) is 18.0 Å². The van der Waals surface area contributed by atoms with E-state index in [0.717, 1.165) is 25.0 Å². The van der Waals surface area contributed by atoms with Crippen molar-refractivity contribution in [3.05, 3.63) is 64.4 Å². The molecule has 4 rings (SSSR count). The van der Waals surface area contributed by atoms with Crippen molar-refractivity contribution in [1.29, 1.82) is 0 Å². The SMILES string of the molecule is O=c1c2ccccc2[se]n1Cc1cccc(N2CCCCC2)c1. The average Bonchev–Trinajstić information content (AvgIpc) is 2.92. The van der Waals surface area contributed by atoms with E-state index in [1.807, 2.05) is 21.8 Å².